The predicted molar refractivity (Wildman–Crippen MR) is 78.5 cm³/mol. The maximum Gasteiger partial charge on any atom is 0.337 e. The second-order valence-electron chi connectivity index (χ2n) is 4.92. The molecule has 0 spiro atoms. The van der Waals surface area contributed by atoms with Crippen LogP contribution in [-0.2, 0) is 11.2 Å². The molecule has 0 radical (unpaired) electrons. The van der Waals surface area contributed by atoms with Gasteiger partial charge in [0, 0.05) is 12.7 Å². The van der Waals surface area contributed by atoms with Crippen LogP contribution in [0.1, 0.15) is 27.6 Å². The lowest BCUT2D eigenvalue weighted by Gasteiger charge is -2.26. The molecule has 0 aliphatic carbocycles. The molecule has 0 amide bonds. The van der Waals surface area contributed by atoms with E-state index in [0.717, 1.165) is 12.0 Å². The lowest BCUT2D eigenvalue weighted by molar-refractivity contribution is 0.0512. The summed E-state index contributed by atoms with van der Waals surface area (Å²) in [6, 6.07) is 9.67. The molecule has 1 aromatic carbocycles. The van der Waals surface area contributed by atoms with Crippen LogP contribution in [-0.4, -0.2) is 29.2 Å². The number of benzene rings is 1. The van der Waals surface area contributed by atoms with Crippen molar-refractivity contribution in [1.29, 1.82) is 0 Å². The number of ether oxygens (including phenoxy) is 1. The summed E-state index contributed by atoms with van der Waals surface area (Å²) in [7, 11) is 0. The summed E-state index contributed by atoms with van der Waals surface area (Å²) in [6.07, 6.45) is 3.84. The van der Waals surface area contributed by atoms with Gasteiger partial charge < -0.3 is 15.2 Å². The Labute approximate surface area is 122 Å². The van der Waals surface area contributed by atoms with Crippen LogP contribution < -0.4 is 5.32 Å². The molecule has 5 heteroatoms. The Morgan fingerprint density at radius 3 is 3.10 bits per heavy atom. The zero-order chi connectivity index (χ0) is 14.7. The molecule has 1 aromatic heterocycles. The molecule has 2 heterocycles. The quantitative estimate of drug-likeness (QED) is 0.902. The van der Waals surface area contributed by atoms with Gasteiger partial charge in [-0.05, 0) is 23.6 Å². The Morgan fingerprint density at radius 2 is 2.24 bits per heavy atom. The number of nitrogens with zero attached hydrogens (tertiary/aromatic N) is 1. The summed E-state index contributed by atoms with van der Waals surface area (Å²) >= 11 is 0. The smallest absolute Gasteiger partial charge is 0.337 e. The van der Waals surface area contributed by atoms with E-state index in [9.17, 15) is 4.79 Å². The van der Waals surface area contributed by atoms with Gasteiger partial charge in [-0.15, -0.1) is 0 Å². The van der Waals surface area contributed by atoms with Gasteiger partial charge in [0.25, 0.3) is 0 Å². The number of anilines is 1. The first kappa shape index (κ1) is 13.6. The topological polar surface area (TPSA) is 71.5 Å². The van der Waals surface area contributed by atoms with Crippen molar-refractivity contribution in [2.45, 2.75) is 12.5 Å². The Kier molecular flexibility index (Phi) is 3.83. The molecule has 2 N–H and O–H groups in total. The van der Waals surface area contributed by atoms with Crippen LogP contribution in [0.5, 0.6) is 0 Å². The van der Waals surface area contributed by atoms with Gasteiger partial charge in [-0.25, -0.2) is 4.79 Å². The molecule has 3 rings (SSSR count). The van der Waals surface area contributed by atoms with Gasteiger partial charge >= 0.3 is 5.97 Å². The van der Waals surface area contributed by atoms with Gasteiger partial charge in [0.1, 0.15) is 0 Å². The minimum atomic E-state index is -0.968. The van der Waals surface area contributed by atoms with E-state index in [-0.39, 0.29) is 11.7 Å². The van der Waals surface area contributed by atoms with Crippen LogP contribution in [0.4, 0.5) is 5.69 Å². The van der Waals surface area contributed by atoms with Gasteiger partial charge in [0.05, 0.1) is 30.2 Å². The van der Waals surface area contributed by atoms with E-state index in [4.69, 9.17) is 9.84 Å². The highest BCUT2D eigenvalue weighted by atomic mass is 16.5. The van der Waals surface area contributed by atoms with E-state index in [1.165, 1.54) is 24.0 Å². The SMILES string of the molecule is O=C(O)c1ccncc1NC[C@@H]1OCCc2ccccc21. The van der Waals surface area contributed by atoms with Crippen LogP contribution >= 0.6 is 0 Å². The highest BCUT2D eigenvalue weighted by molar-refractivity contribution is 5.93. The van der Waals surface area contributed by atoms with Crippen LogP contribution in [0.25, 0.3) is 0 Å². The summed E-state index contributed by atoms with van der Waals surface area (Å²) in [5, 5.41) is 12.3. The van der Waals surface area contributed by atoms with Gasteiger partial charge in [-0.2, -0.15) is 0 Å². The largest absolute Gasteiger partial charge is 0.478 e. The normalized spacial score (nSPS) is 17.0. The van der Waals surface area contributed by atoms with Gasteiger partial charge in [-0.3, -0.25) is 4.98 Å². The molecule has 1 atom stereocenters. The Hall–Kier alpha value is -2.40. The van der Waals surface area contributed by atoms with Crippen molar-refractivity contribution in [3.63, 3.8) is 0 Å². The van der Waals surface area contributed by atoms with Crippen molar-refractivity contribution in [3.8, 4) is 0 Å². The number of rotatable bonds is 4. The number of nitrogens with one attached hydrogen (secondary N) is 1. The number of carbonyl (C=O) groups is 1. The van der Waals surface area contributed by atoms with Crippen molar-refractivity contribution in [3.05, 3.63) is 59.4 Å². The summed E-state index contributed by atoms with van der Waals surface area (Å²) < 4.78 is 5.80. The average molecular weight is 284 g/mol. The molecule has 1 aliphatic heterocycles. The molecule has 0 saturated carbocycles. The van der Waals surface area contributed by atoms with E-state index in [1.807, 2.05) is 12.1 Å². The van der Waals surface area contributed by atoms with E-state index in [0.29, 0.717) is 18.8 Å². The minimum absolute atomic E-state index is 0.0724. The predicted octanol–water partition coefficient (Wildman–Crippen LogP) is 2.51. The first-order chi connectivity index (χ1) is 10.3. The molecule has 0 saturated heterocycles. The highest BCUT2D eigenvalue weighted by Gasteiger charge is 2.20. The zero-order valence-electron chi connectivity index (χ0n) is 11.5. The maximum absolute atomic E-state index is 11.2. The summed E-state index contributed by atoms with van der Waals surface area (Å²) in [6.45, 7) is 1.20. The first-order valence-corrected chi connectivity index (χ1v) is 6.86. The molecule has 1 aliphatic rings. The van der Waals surface area contributed by atoms with E-state index >= 15 is 0 Å². The molecule has 0 unspecified atom stereocenters. The standard InChI is InChI=1S/C16H16N2O3/c19-16(20)13-5-7-17-9-14(13)18-10-15-12-4-2-1-3-11(12)6-8-21-15/h1-5,7,9,15,18H,6,8,10H2,(H,19,20)/t15-/m0/s1. The number of fused-ring (bicyclic) bond motifs is 1. The minimum Gasteiger partial charge on any atom is -0.478 e. The molecular weight excluding hydrogens is 268 g/mol. The van der Waals surface area contributed by atoms with Gasteiger partial charge in [-0.1, -0.05) is 24.3 Å². The van der Waals surface area contributed by atoms with Crippen LogP contribution in [0.15, 0.2) is 42.7 Å². The lowest BCUT2D eigenvalue weighted by Crippen LogP contribution is -2.23. The number of carboxylic acids is 1. The lowest BCUT2D eigenvalue weighted by atomic mass is 9.97. The maximum atomic E-state index is 11.2. The average Bonchev–Trinajstić information content (AvgIpc) is 2.53. The van der Waals surface area contributed by atoms with Crippen molar-refractivity contribution >= 4 is 11.7 Å². The van der Waals surface area contributed by atoms with E-state index in [1.54, 1.807) is 0 Å². The van der Waals surface area contributed by atoms with E-state index < -0.39 is 5.97 Å². The first-order valence-electron chi connectivity index (χ1n) is 6.86. The molecule has 0 fully saturated rings. The fourth-order valence-corrected chi connectivity index (χ4v) is 2.57. The summed E-state index contributed by atoms with van der Waals surface area (Å²) in [5.74, 6) is -0.968. The number of aromatic nitrogens is 1. The third-order valence-corrected chi connectivity index (χ3v) is 3.62. The fourth-order valence-electron chi connectivity index (χ4n) is 2.57. The number of hydrogen-bond donors (Lipinski definition) is 2. The van der Waals surface area contributed by atoms with Crippen molar-refractivity contribution < 1.29 is 14.6 Å². The molecule has 21 heavy (non-hydrogen) atoms. The van der Waals surface area contributed by atoms with Gasteiger partial charge in [0.2, 0.25) is 0 Å². The van der Waals surface area contributed by atoms with Crippen molar-refractivity contribution in [1.82, 2.24) is 4.98 Å². The van der Waals surface area contributed by atoms with E-state index in [2.05, 4.69) is 22.4 Å². The Morgan fingerprint density at radius 1 is 1.38 bits per heavy atom. The highest BCUT2D eigenvalue weighted by Crippen LogP contribution is 2.27. The monoisotopic (exact) mass is 284 g/mol. The molecular formula is C16H16N2O3. The van der Waals surface area contributed by atoms with Crippen LogP contribution in [0.3, 0.4) is 0 Å². The number of carboxylic acid groups (broad SMARTS) is 1. The Balaban J connectivity index is 1.76. The number of pyridine rings is 1. The summed E-state index contributed by atoms with van der Waals surface area (Å²) in [4.78, 5) is 15.1. The third-order valence-electron chi connectivity index (χ3n) is 3.62. The molecule has 108 valence electrons. The van der Waals surface area contributed by atoms with Crippen molar-refractivity contribution in [2.24, 2.45) is 0 Å². The molecule has 2 aromatic rings. The third kappa shape index (κ3) is 2.87. The van der Waals surface area contributed by atoms with Gasteiger partial charge in [0.15, 0.2) is 0 Å². The molecule has 5 nitrogen and oxygen atoms in total. The zero-order valence-corrected chi connectivity index (χ0v) is 11.5. The number of hydrogen-bond acceptors (Lipinski definition) is 4. The number of aromatic carboxylic acids is 1. The van der Waals surface area contributed by atoms with Crippen molar-refractivity contribution in [2.75, 3.05) is 18.5 Å². The molecule has 0 bridgehead atoms. The summed E-state index contributed by atoms with van der Waals surface area (Å²) in [5.41, 5.74) is 3.18. The second kappa shape index (κ2) is 5.93. The second-order valence-corrected chi connectivity index (χ2v) is 4.92. The fraction of sp³-hybridized carbons (Fsp3) is 0.250. The van der Waals surface area contributed by atoms with Crippen LogP contribution in [0.2, 0.25) is 0 Å². The Bertz CT molecular complexity index is 657. The van der Waals surface area contributed by atoms with Crippen LogP contribution in [0, 0.1) is 0 Å².